The normalized spacial score (nSPS) is 11.8. The first kappa shape index (κ1) is 19.3. The lowest BCUT2D eigenvalue weighted by Crippen LogP contribution is -2.32. The molecule has 0 saturated carbocycles. The van der Waals surface area contributed by atoms with E-state index in [1.807, 2.05) is 54.0 Å². The second-order valence-electron chi connectivity index (χ2n) is 6.38. The van der Waals surface area contributed by atoms with Gasteiger partial charge in [0.1, 0.15) is 0 Å². The number of benzene rings is 1. The van der Waals surface area contributed by atoms with Gasteiger partial charge in [0, 0.05) is 37.7 Å². The van der Waals surface area contributed by atoms with E-state index in [0.717, 1.165) is 11.3 Å². The van der Waals surface area contributed by atoms with Gasteiger partial charge in [0.2, 0.25) is 11.7 Å². The van der Waals surface area contributed by atoms with Crippen LogP contribution in [-0.4, -0.2) is 33.4 Å². The largest absolute Gasteiger partial charge is 0.359 e. The van der Waals surface area contributed by atoms with E-state index in [0.29, 0.717) is 30.7 Å². The van der Waals surface area contributed by atoms with Crippen LogP contribution >= 0.6 is 0 Å². The van der Waals surface area contributed by atoms with Crippen LogP contribution < -0.4 is 16.0 Å². The maximum Gasteiger partial charge on any atom is 0.319 e. The Morgan fingerprint density at radius 2 is 2.04 bits per heavy atom. The summed E-state index contributed by atoms with van der Waals surface area (Å²) in [6.45, 7) is 1.99. The van der Waals surface area contributed by atoms with Gasteiger partial charge in [0.15, 0.2) is 0 Å². The summed E-state index contributed by atoms with van der Waals surface area (Å²) >= 11 is 0. The number of amides is 3. The molecule has 0 saturated heterocycles. The van der Waals surface area contributed by atoms with Crippen molar-refractivity contribution in [3.63, 3.8) is 0 Å². The quantitative estimate of drug-likeness (QED) is 0.587. The Morgan fingerprint density at radius 1 is 1.21 bits per heavy atom. The van der Waals surface area contributed by atoms with Crippen LogP contribution in [-0.2, 0) is 11.2 Å². The smallest absolute Gasteiger partial charge is 0.319 e. The molecule has 3 N–H and O–H groups in total. The van der Waals surface area contributed by atoms with Crippen molar-refractivity contribution in [1.29, 1.82) is 0 Å². The zero-order valence-electron chi connectivity index (χ0n) is 16.0. The second kappa shape index (κ2) is 8.98. The van der Waals surface area contributed by atoms with Crippen molar-refractivity contribution in [2.45, 2.75) is 32.2 Å². The molecule has 8 nitrogen and oxygen atoms in total. The summed E-state index contributed by atoms with van der Waals surface area (Å²) in [6, 6.07) is 8.75. The van der Waals surface area contributed by atoms with Gasteiger partial charge in [-0.25, -0.2) is 14.8 Å². The lowest BCUT2D eigenvalue weighted by Gasteiger charge is -2.17. The van der Waals surface area contributed by atoms with Crippen LogP contribution in [0.2, 0.25) is 0 Å². The van der Waals surface area contributed by atoms with E-state index in [1.54, 1.807) is 13.2 Å². The molecule has 0 fully saturated rings. The Bertz CT molecular complexity index is 935. The molecule has 3 amide bonds. The highest BCUT2D eigenvalue weighted by Gasteiger charge is 2.17. The Kier molecular flexibility index (Phi) is 6.21. The Labute approximate surface area is 163 Å². The molecule has 0 aliphatic heterocycles. The van der Waals surface area contributed by atoms with Gasteiger partial charge in [-0.2, -0.15) is 0 Å². The fraction of sp³-hybridized carbons (Fsp3) is 0.300. The minimum atomic E-state index is -0.316. The van der Waals surface area contributed by atoms with Crippen LogP contribution in [0.3, 0.4) is 0 Å². The number of nitrogens with one attached hydrogen (secondary N) is 3. The van der Waals surface area contributed by atoms with E-state index in [4.69, 9.17) is 0 Å². The molecule has 0 aliphatic carbocycles. The summed E-state index contributed by atoms with van der Waals surface area (Å²) in [4.78, 5) is 32.8. The first-order valence-electron chi connectivity index (χ1n) is 9.26. The Balaban J connectivity index is 1.68. The predicted octanol–water partition coefficient (Wildman–Crippen LogP) is 2.68. The van der Waals surface area contributed by atoms with E-state index >= 15 is 0 Å². The third kappa shape index (κ3) is 4.64. The zero-order chi connectivity index (χ0) is 19.9. The maximum absolute atomic E-state index is 12.6. The van der Waals surface area contributed by atoms with Gasteiger partial charge in [-0.15, -0.1) is 0 Å². The zero-order valence-corrected chi connectivity index (χ0v) is 16.0. The summed E-state index contributed by atoms with van der Waals surface area (Å²) in [5.41, 5.74) is 2.35. The lowest BCUT2D eigenvalue weighted by molar-refractivity contribution is -0.120. The molecule has 1 atom stereocenters. The van der Waals surface area contributed by atoms with E-state index in [2.05, 4.69) is 25.9 Å². The monoisotopic (exact) mass is 380 g/mol. The highest BCUT2D eigenvalue weighted by molar-refractivity contribution is 5.90. The molecular formula is C20H24N6O2. The molecule has 146 valence electrons. The number of hydrogen-bond acceptors (Lipinski definition) is 4. The number of aromatic nitrogens is 3. The molecule has 0 aliphatic rings. The number of carbonyl (C=O) groups excluding carboxylic acids is 2. The SMILES string of the molecule is CC[C@H](NC(=O)Nc1ccccc1CCC(=O)NC)c1cn2cccnc2n1. The summed E-state index contributed by atoms with van der Waals surface area (Å²) < 4.78 is 1.83. The summed E-state index contributed by atoms with van der Waals surface area (Å²) in [5.74, 6) is 0.559. The molecular weight excluding hydrogens is 356 g/mol. The maximum atomic E-state index is 12.6. The molecule has 2 heterocycles. The summed E-state index contributed by atoms with van der Waals surface area (Å²) in [6.07, 6.45) is 7.02. The van der Waals surface area contributed by atoms with Crippen LogP contribution in [0, 0.1) is 0 Å². The van der Waals surface area contributed by atoms with Crippen LogP contribution in [0.1, 0.15) is 37.1 Å². The van der Waals surface area contributed by atoms with Gasteiger partial charge in [0.05, 0.1) is 11.7 Å². The molecule has 2 aromatic heterocycles. The fourth-order valence-corrected chi connectivity index (χ4v) is 2.95. The Morgan fingerprint density at radius 3 is 2.79 bits per heavy atom. The number of para-hydroxylation sites is 1. The van der Waals surface area contributed by atoms with Crippen LogP contribution in [0.5, 0.6) is 0 Å². The Hall–Kier alpha value is -3.42. The molecule has 3 aromatic rings. The average molecular weight is 380 g/mol. The molecule has 0 bridgehead atoms. The number of nitrogens with zero attached hydrogens (tertiary/aromatic N) is 3. The minimum Gasteiger partial charge on any atom is -0.359 e. The van der Waals surface area contributed by atoms with Gasteiger partial charge in [0.25, 0.3) is 0 Å². The molecule has 3 rings (SSSR count). The van der Waals surface area contributed by atoms with Crippen molar-refractivity contribution in [1.82, 2.24) is 25.0 Å². The van der Waals surface area contributed by atoms with Gasteiger partial charge in [-0.3, -0.25) is 9.20 Å². The van der Waals surface area contributed by atoms with Gasteiger partial charge < -0.3 is 16.0 Å². The van der Waals surface area contributed by atoms with Crippen molar-refractivity contribution in [3.8, 4) is 0 Å². The first-order chi connectivity index (χ1) is 13.6. The van der Waals surface area contributed by atoms with Crippen molar-refractivity contribution in [2.75, 3.05) is 12.4 Å². The number of imidazole rings is 1. The number of hydrogen-bond donors (Lipinski definition) is 3. The van der Waals surface area contributed by atoms with Gasteiger partial charge in [-0.1, -0.05) is 25.1 Å². The van der Waals surface area contributed by atoms with E-state index in [1.165, 1.54) is 0 Å². The molecule has 28 heavy (non-hydrogen) atoms. The fourth-order valence-electron chi connectivity index (χ4n) is 2.95. The number of rotatable bonds is 7. The average Bonchev–Trinajstić information content (AvgIpc) is 3.15. The van der Waals surface area contributed by atoms with Crippen molar-refractivity contribution < 1.29 is 9.59 Å². The second-order valence-corrected chi connectivity index (χ2v) is 6.38. The van der Waals surface area contributed by atoms with E-state index < -0.39 is 0 Å². The topological polar surface area (TPSA) is 100 Å². The summed E-state index contributed by atoms with van der Waals surface area (Å²) in [7, 11) is 1.61. The third-order valence-electron chi connectivity index (χ3n) is 4.49. The van der Waals surface area contributed by atoms with Crippen molar-refractivity contribution in [2.24, 2.45) is 0 Å². The van der Waals surface area contributed by atoms with Crippen molar-refractivity contribution in [3.05, 3.63) is 60.2 Å². The van der Waals surface area contributed by atoms with Crippen LogP contribution in [0.4, 0.5) is 10.5 Å². The number of aryl methyl sites for hydroxylation is 1. The van der Waals surface area contributed by atoms with Gasteiger partial charge in [-0.05, 0) is 30.5 Å². The molecule has 8 heteroatoms. The number of anilines is 1. The van der Waals surface area contributed by atoms with Crippen molar-refractivity contribution >= 4 is 23.4 Å². The highest BCUT2D eigenvalue weighted by Crippen LogP contribution is 2.19. The predicted molar refractivity (Wildman–Crippen MR) is 107 cm³/mol. The van der Waals surface area contributed by atoms with Gasteiger partial charge >= 0.3 is 6.03 Å². The number of urea groups is 1. The number of carbonyl (C=O) groups is 2. The summed E-state index contributed by atoms with van der Waals surface area (Å²) in [5, 5.41) is 8.46. The lowest BCUT2D eigenvalue weighted by atomic mass is 10.1. The highest BCUT2D eigenvalue weighted by atomic mass is 16.2. The third-order valence-corrected chi connectivity index (χ3v) is 4.49. The van der Waals surface area contributed by atoms with E-state index in [-0.39, 0.29) is 18.0 Å². The first-order valence-corrected chi connectivity index (χ1v) is 9.26. The minimum absolute atomic E-state index is 0.0363. The molecule has 0 unspecified atom stereocenters. The van der Waals surface area contributed by atoms with Crippen LogP contribution in [0.25, 0.3) is 5.78 Å². The molecule has 0 radical (unpaired) electrons. The standard InChI is InChI=1S/C20H24N6O2/c1-3-15(17-13-26-12-6-11-22-19(26)23-17)24-20(28)25-16-8-5-4-7-14(16)9-10-18(27)21-2/h4-8,11-13,15H,3,9-10H2,1-2H3,(H,21,27)(H2,24,25,28)/t15-/m0/s1. The number of fused-ring (bicyclic) bond motifs is 1. The van der Waals surface area contributed by atoms with E-state index in [9.17, 15) is 9.59 Å². The molecule has 0 spiro atoms. The molecule has 1 aromatic carbocycles. The van der Waals surface area contributed by atoms with Crippen LogP contribution in [0.15, 0.2) is 48.9 Å².